The summed E-state index contributed by atoms with van der Waals surface area (Å²) in [6.45, 7) is 1.90. The highest BCUT2D eigenvalue weighted by atomic mass is 19.1. The second kappa shape index (κ2) is 6.99. The summed E-state index contributed by atoms with van der Waals surface area (Å²) in [7, 11) is 0. The van der Waals surface area contributed by atoms with E-state index in [4.69, 9.17) is 0 Å². The van der Waals surface area contributed by atoms with Crippen molar-refractivity contribution in [3.63, 3.8) is 0 Å². The maximum atomic E-state index is 13.3. The number of benzene rings is 1. The van der Waals surface area contributed by atoms with Crippen LogP contribution in [0.5, 0.6) is 0 Å². The predicted octanol–water partition coefficient (Wildman–Crippen LogP) is 3.70. The van der Waals surface area contributed by atoms with Gasteiger partial charge in [-0.2, -0.15) is 0 Å². The lowest BCUT2D eigenvalue weighted by Crippen LogP contribution is -2.29. The molecule has 0 saturated heterocycles. The molecule has 4 aromatic rings. The van der Waals surface area contributed by atoms with E-state index in [-0.39, 0.29) is 11.7 Å². The zero-order chi connectivity index (χ0) is 18.8. The SMILES string of the molecule is Cc1cn2cc(C(=O)N[C@H](c3ccncc3)c3ccc(F)cc3)ccc2n1. The number of carbonyl (C=O) groups is 1. The Hall–Kier alpha value is -3.54. The van der Waals surface area contributed by atoms with E-state index in [1.807, 2.05) is 29.7 Å². The van der Waals surface area contributed by atoms with Gasteiger partial charge in [0, 0.05) is 24.8 Å². The number of nitrogens with zero attached hydrogens (tertiary/aromatic N) is 3. The van der Waals surface area contributed by atoms with E-state index < -0.39 is 6.04 Å². The number of fused-ring (bicyclic) bond motifs is 1. The summed E-state index contributed by atoms with van der Waals surface area (Å²) in [5.74, 6) is -0.547. The smallest absolute Gasteiger partial charge is 0.253 e. The Bertz CT molecular complexity index is 1090. The van der Waals surface area contributed by atoms with Crippen LogP contribution >= 0.6 is 0 Å². The molecular weight excluding hydrogens is 343 g/mol. The number of imidazole rings is 1. The van der Waals surface area contributed by atoms with E-state index in [9.17, 15) is 9.18 Å². The monoisotopic (exact) mass is 360 g/mol. The molecule has 1 aromatic carbocycles. The summed E-state index contributed by atoms with van der Waals surface area (Å²) in [6.07, 6.45) is 6.95. The van der Waals surface area contributed by atoms with E-state index >= 15 is 0 Å². The molecule has 1 amide bonds. The number of hydrogen-bond acceptors (Lipinski definition) is 3. The van der Waals surface area contributed by atoms with Crippen LogP contribution in [-0.4, -0.2) is 20.3 Å². The van der Waals surface area contributed by atoms with Gasteiger partial charge in [-0.15, -0.1) is 0 Å². The highest BCUT2D eigenvalue weighted by Crippen LogP contribution is 2.22. The third-order valence-electron chi connectivity index (χ3n) is 4.35. The average molecular weight is 360 g/mol. The number of pyridine rings is 2. The Kier molecular flexibility index (Phi) is 4.38. The summed E-state index contributed by atoms with van der Waals surface area (Å²) < 4.78 is 15.1. The lowest BCUT2D eigenvalue weighted by atomic mass is 9.99. The second-order valence-corrected chi connectivity index (χ2v) is 6.30. The molecule has 3 aromatic heterocycles. The molecule has 0 bridgehead atoms. The predicted molar refractivity (Wildman–Crippen MR) is 99.9 cm³/mol. The van der Waals surface area contributed by atoms with Gasteiger partial charge in [-0.05, 0) is 54.4 Å². The molecule has 1 atom stereocenters. The van der Waals surface area contributed by atoms with Crippen molar-refractivity contribution in [3.8, 4) is 0 Å². The number of hydrogen-bond donors (Lipinski definition) is 1. The minimum Gasteiger partial charge on any atom is -0.341 e. The highest BCUT2D eigenvalue weighted by molar-refractivity contribution is 5.94. The van der Waals surface area contributed by atoms with Gasteiger partial charge in [0.2, 0.25) is 0 Å². The van der Waals surface area contributed by atoms with Crippen molar-refractivity contribution >= 4 is 11.6 Å². The van der Waals surface area contributed by atoms with Gasteiger partial charge in [0.25, 0.3) is 5.91 Å². The summed E-state index contributed by atoms with van der Waals surface area (Å²) in [5, 5.41) is 3.03. The summed E-state index contributed by atoms with van der Waals surface area (Å²) in [4.78, 5) is 21.3. The van der Waals surface area contributed by atoms with Crippen LogP contribution in [0.15, 0.2) is 73.3 Å². The zero-order valence-electron chi connectivity index (χ0n) is 14.6. The molecule has 0 aliphatic heterocycles. The molecule has 0 fully saturated rings. The second-order valence-electron chi connectivity index (χ2n) is 6.30. The van der Waals surface area contributed by atoms with E-state index in [1.54, 1.807) is 42.9 Å². The first-order chi connectivity index (χ1) is 13.1. The molecule has 27 heavy (non-hydrogen) atoms. The molecular formula is C21H17FN4O. The fourth-order valence-corrected chi connectivity index (χ4v) is 3.04. The van der Waals surface area contributed by atoms with Gasteiger partial charge in [-0.25, -0.2) is 9.37 Å². The van der Waals surface area contributed by atoms with Crippen LogP contribution in [0.3, 0.4) is 0 Å². The molecule has 3 heterocycles. The van der Waals surface area contributed by atoms with Gasteiger partial charge in [-0.1, -0.05) is 12.1 Å². The van der Waals surface area contributed by atoms with Crippen molar-refractivity contribution in [2.24, 2.45) is 0 Å². The van der Waals surface area contributed by atoms with Crippen molar-refractivity contribution in [1.82, 2.24) is 19.7 Å². The summed E-state index contributed by atoms with van der Waals surface area (Å²) in [6, 6.07) is 12.9. The normalized spacial score (nSPS) is 12.1. The highest BCUT2D eigenvalue weighted by Gasteiger charge is 2.18. The standard InChI is InChI=1S/C21H17FN4O/c1-14-12-26-13-17(4-7-19(26)24-14)21(27)25-20(16-8-10-23-11-9-16)15-2-5-18(22)6-3-15/h2-13,20H,1H3,(H,25,27)/t20-/m0/s1. The number of rotatable bonds is 4. The van der Waals surface area contributed by atoms with Crippen molar-refractivity contribution in [1.29, 1.82) is 0 Å². The fraction of sp³-hybridized carbons (Fsp3) is 0.0952. The molecule has 1 N–H and O–H groups in total. The Morgan fingerprint density at radius 2 is 1.70 bits per heavy atom. The first kappa shape index (κ1) is 16.9. The lowest BCUT2D eigenvalue weighted by Gasteiger charge is -2.20. The third-order valence-corrected chi connectivity index (χ3v) is 4.35. The van der Waals surface area contributed by atoms with Crippen LogP contribution in [0, 0.1) is 12.7 Å². The number of halogens is 1. The maximum absolute atomic E-state index is 13.3. The van der Waals surface area contributed by atoms with Gasteiger partial charge in [-0.3, -0.25) is 9.78 Å². The Labute approximate surface area is 155 Å². The Balaban J connectivity index is 1.67. The van der Waals surface area contributed by atoms with Gasteiger partial charge < -0.3 is 9.72 Å². The van der Waals surface area contributed by atoms with Crippen LogP contribution in [0.4, 0.5) is 4.39 Å². The Morgan fingerprint density at radius 1 is 1.00 bits per heavy atom. The minimum absolute atomic E-state index is 0.227. The topological polar surface area (TPSA) is 59.3 Å². The first-order valence-corrected chi connectivity index (χ1v) is 8.52. The lowest BCUT2D eigenvalue weighted by molar-refractivity contribution is 0.0942. The summed E-state index contributed by atoms with van der Waals surface area (Å²) >= 11 is 0. The van der Waals surface area contributed by atoms with Crippen LogP contribution < -0.4 is 5.32 Å². The maximum Gasteiger partial charge on any atom is 0.253 e. The number of amides is 1. The molecule has 4 rings (SSSR count). The van der Waals surface area contributed by atoms with Crippen molar-refractivity contribution in [2.45, 2.75) is 13.0 Å². The van der Waals surface area contributed by atoms with Crippen LogP contribution in [0.25, 0.3) is 5.65 Å². The molecule has 0 unspecified atom stereocenters. The largest absolute Gasteiger partial charge is 0.341 e. The van der Waals surface area contributed by atoms with Crippen molar-refractivity contribution in [2.75, 3.05) is 0 Å². The molecule has 6 heteroatoms. The number of aromatic nitrogens is 3. The first-order valence-electron chi connectivity index (χ1n) is 8.52. The van der Waals surface area contributed by atoms with Crippen molar-refractivity contribution < 1.29 is 9.18 Å². The van der Waals surface area contributed by atoms with E-state index in [0.717, 1.165) is 22.5 Å². The van der Waals surface area contributed by atoms with E-state index in [0.29, 0.717) is 5.56 Å². The Morgan fingerprint density at radius 3 is 2.44 bits per heavy atom. The van der Waals surface area contributed by atoms with E-state index in [2.05, 4.69) is 15.3 Å². The van der Waals surface area contributed by atoms with Gasteiger partial charge in [0.15, 0.2) is 0 Å². The van der Waals surface area contributed by atoms with E-state index in [1.165, 1.54) is 12.1 Å². The molecule has 5 nitrogen and oxygen atoms in total. The fourth-order valence-electron chi connectivity index (χ4n) is 3.04. The van der Waals surface area contributed by atoms with Gasteiger partial charge in [0.1, 0.15) is 11.5 Å². The quantitative estimate of drug-likeness (QED) is 0.604. The number of nitrogens with one attached hydrogen (secondary N) is 1. The molecule has 0 aliphatic rings. The number of aryl methyl sites for hydroxylation is 1. The average Bonchev–Trinajstić information content (AvgIpc) is 3.06. The molecule has 0 saturated carbocycles. The van der Waals surface area contributed by atoms with Gasteiger partial charge >= 0.3 is 0 Å². The zero-order valence-corrected chi connectivity index (χ0v) is 14.6. The minimum atomic E-state index is -0.415. The van der Waals surface area contributed by atoms with Crippen molar-refractivity contribution in [3.05, 3.63) is 102 Å². The molecule has 0 radical (unpaired) electrons. The summed E-state index contributed by atoms with van der Waals surface area (Å²) in [5.41, 5.74) is 3.84. The van der Waals surface area contributed by atoms with Gasteiger partial charge in [0.05, 0.1) is 17.3 Å². The van der Waals surface area contributed by atoms with Crippen LogP contribution in [0.2, 0.25) is 0 Å². The van der Waals surface area contributed by atoms with Crippen LogP contribution in [0.1, 0.15) is 33.2 Å². The molecule has 134 valence electrons. The number of carbonyl (C=O) groups excluding carboxylic acids is 1. The third kappa shape index (κ3) is 3.55. The molecule has 0 aliphatic carbocycles. The van der Waals surface area contributed by atoms with Crippen LogP contribution in [-0.2, 0) is 0 Å². The molecule has 0 spiro atoms.